The first-order valence-corrected chi connectivity index (χ1v) is 14.1. The van der Waals surface area contributed by atoms with Gasteiger partial charge in [-0.2, -0.15) is 11.8 Å². The van der Waals surface area contributed by atoms with Crippen molar-refractivity contribution in [2.24, 2.45) is 5.92 Å². The molecule has 208 valence electrons. The number of unbranched alkanes of at least 4 members (excludes halogenated alkanes) is 2. The van der Waals surface area contributed by atoms with Crippen LogP contribution >= 0.6 is 11.8 Å². The van der Waals surface area contributed by atoms with Crippen LogP contribution < -0.4 is 26.6 Å². The first-order valence-electron chi connectivity index (χ1n) is 13.1. The summed E-state index contributed by atoms with van der Waals surface area (Å²) in [4.78, 5) is 59.1. The Hall–Kier alpha value is -2.54. The minimum atomic E-state index is -1.20. The number of rotatable bonds is 16. The second kappa shape index (κ2) is 13.8. The Kier molecular flexibility index (Phi) is 10.9. The summed E-state index contributed by atoms with van der Waals surface area (Å²) in [7, 11) is 0. The smallest absolute Gasteiger partial charge is 0.336 e. The Morgan fingerprint density at radius 1 is 1.05 bits per heavy atom. The zero-order chi connectivity index (χ0) is 26.9. The number of thioether (sulfide) groups is 1. The molecule has 0 saturated carbocycles. The Balaban J connectivity index is 1.21. The van der Waals surface area contributed by atoms with Crippen LogP contribution in [0, 0.1) is 5.92 Å². The largest absolute Gasteiger partial charge is 0.479 e. The maximum absolute atomic E-state index is 12.6. The average Bonchev–Trinajstić information content (AvgIpc) is 3.45. The summed E-state index contributed by atoms with van der Waals surface area (Å²) in [6, 6.07) is -0.430. The lowest BCUT2D eigenvalue weighted by Gasteiger charge is -2.20. The molecule has 13 heteroatoms. The van der Waals surface area contributed by atoms with Crippen molar-refractivity contribution in [2.45, 2.75) is 94.4 Å². The predicted octanol–water partition coefficient (Wildman–Crippen LogP) is 0.108. The number of urea groups is 1. The van der Waals surface area contributed by atoms with Gasteiger partial charge < -0.3 is 36.4 Å². The zero-order valence-electron chi connectivity index (χ0n) is 21.4. The van der Waals surface area contributed by atoms with Gasteiger partial charge in [-0.15, -0.1) is 0 Å². The summed E-state index contributed by atoms with van der Waals surface area (Å²) in [5.74, 6) is -1.02. The van der Waals surface area contributed by atoms with Gasteiger partial charge in [-0.1, -0.05) is 20.3 Å². The molecule has 0 unspecified atom stereocenters. The summed E-state index contributed by atoms with van der Waals surface area (Å²) in [6.45, 7) is 4.79. The molecule has 3 rings (SSSR count). The second-order valence-electron chi connectivity index (χ2n) is 10.2. The van der Waals surface area contributed by atoms with E-state index in [1.54, 1.807) is 0 Å². The number of nitrogens with one attached hydrogen (secondary N) is 5. The van der Waals surface area contributed by atoms with Gasteiger partial charge in [-0.25, -0.2) is 9.59 Å². The zero-order valence-corrected chi connectivity index (χ0v) is 22.2. The van der Waals surface area contributed by atoms with E-state index in [-0.39, 0.29) is 35.8 Å². The number of carbonyl (C=O) groups excluding carboxylic acids is 4. The Labute approximate surface area is 221 Å². The Morgan fingerprint density at radius 3 is 2.46 bits per heavy atom. The fourth-order valence-corrected chi connectivity index (χ4v) is 6.18. The lowest BCUT2D eigenvalue weighted by Crippen LogP contribution is -2.49. The molecule has 0 radical (unpaired) electrons. The van der Waals surface area contributed by atoms with Crippen LogP contribution in [0.1, 0.15) is 58.8 Å². The number of fused-ring (bicyclic) bond motifs is 1. The maximum Gasteiger partial charge on any atom is 0.336 e. The lowest BCUT2D eigenvalue weighted by atomic mass is 10.0. The van der Waals surface area contributed by atoms with Crippen molar-refractivity contribution in [3.63, 3.8) is 0 Å². The molecular formula is C24H39N5O7S. The molecule has 0 aromatic rings. The van der Waals surface area contributed by atoms with Crippen molar-refractivity contribution in [3.8, 4) is 0 Å². The number of carboxylic acid groups (broad SMARTS) is 1. The minimum absolute atomic E-state index is 0.0125. The van der Waals surface area contributed by atoms with Crippen molar-refractivity contribution in [2.75, 3.05) is 18.8 Å². The van der Waals surface area contributed by atoms with E-state index in [0.717, 1.165) is 25.0 Å². The molecule has 0 aromatic carbocycles. The van der Waals surface area contributed by atoms with Crippen molar-refractivity contribution < 1.29 is 33.8 Å². The molecular weight excluding hydrogens is 502 g/mol. The van der Waals surface area contributed by atoms with Crippen molar-refractivity contribution in [1.29, 1.82) is 0 Å². The standard InChI is InChI=1S/C24H39N5O7S/c1-13(2)11-14(27-22(32)19-20(36-19)23(33)34)21(31)26-10-6-5-9-25-17(30)8-4-3-7-16-18-15(12-37-16)28-24(35)29-18/h13-16,18-20H,3-12H2,1-2H3,(H,25,30)(H,26,31)(H,27,32)(H,33,34)(H2,28,29,35)/t14-,15-,16-,18-,19-,20-/m0/s1. The normalized spacial score (nSPS) is 26.6. The van der Waals surface area contributed by atoms with Crippen LogP contribution in [0.2, 0.25) is 0 Å². The molecule has 6 atom stereocenters. The van der Waals surface area contributed by atoms with E-state index in [0.29, 0.717) is 44.0 Å². The third kappa shape index (κ3) is 9.06. The maximum atomic E-state index is 12.6. The van der Waals surface area contributed by atoms with Crippen molar-refractivity contribution in [1.82, 2.24) is 26.6 Å². The molecule has 0 bridgehead atoms. The molecule has 3 heterocycles. The van der Waals surface area contributed by atoms with Crippen LogP contribution in [-0.4, -0.2) is 89.3 Å². The number of hydrogen-bond acceptors (Lipinski definition) is 7. The van der Waals surface area contributed by atoms with Gasteiger partial charge in [0.2, 0.25) is 11.8 Å². The molecule has 0 spiro atoms. The van der Waals surface area contributed by atoms with E-state index in [1.165, 1.54) is 0 Å². The van der Waals surface area contributed by atoms with E-state index >= 15 is 0 Å². The third-order valence-electron chi connectivity index (χ3n) is 6.64. The highest BCUT2D eigenvalue weighted by molar-refractivity contribution is 8.00. The molecule has 0 aromatic heterocycles. The molecule has 6 N–H and O–H groups in total. The van der Waals surface area contributed by atoms with Gasteiger partial charge in [-0.05, 0) is 38.0 Å². The van der Waals surface area contributed by atoms with Gasteiger partial charge in [-0.3, -0.25) is 14.4 Å². The number of carboxylic acids is 1. The van der Waals surface area contributed by atoms with Gasteiger partial charge in [0.05, 0.1) is 12.1 Å². The molecule has 3 aliphatic rings. The highest BCUT2D eigenvalue weighted by Crippen LogP contribution is 2.33. The molecule has 12 nitrogen and oxygen atoms in total. The Morgan fingerprint density at radius 2 is 1.78 bits per heavy atom. The fraction of sp³-hybridized carbons (Fsp3) is 0.792. The quantitative estimate of drug-likeness (QED) is 0.0905. The Bertz CT molecular complexity index is 857. The van der Waals surface area contributed by atoms with E-state index in [2.05, 4.69) is 26.6 Å². The number of amides is 5. The van der Waals surface area contributed by atoms with Gasteiger partial charge in [0.15, 0.2) is 12.2 Å². The van der Waals surface area contributed by atoms with E-state index in [9.17, 15) is 24.0 Å². The molecule has 5 amide bonds. The minimum Gasteiger partial charge on any atom is -0.479 e. The summed E-state index contributed by atoms with van der Waals surface area (Å²) in [5.41, 5.74) is 0. The second-order valence-corrected chi connectivity index (χ2v) is 11.5. The third-order valence-corrected chi connectivity index (χ3v) is 8.15. The van der Waals surface area contributed by atoms with E-state index < -0.39 is 30.1 Å². The van der Waals surface area contributed by atoms with Gasteiger partial charge in [0.1, 0.15) is 6.04 Å². The fourth-order valence-electron chi connectivity index (χ4n) is 4.63. The van der Waals surface area contributed by atoms with Crippen LogP contribution in [0.5, 0.6) is 0 Å². The number of carbonyl (C=O) groups is 5. The van der Waals surface area contributed by atoms with Crippen LogP contribution in [0.3, 0.4) is 0 Å². The monoisotopic (exact) mass is 541 g/mol. The van der Waals surface area contributed by atoms with Crippen molar-refractivity contribution in [3.05, 3.63) is 0 Å². The van der Waals surface area contributed by atoms with Crippen LogP contribution in [-0.2, 0) is 23.9 Å². The number of ether oxygens (including phenoxy) is 1. The predicted molar refractivity (Wildman–Crippen MR) is 137 cm³/mol. The highest BCUT2D eigenvalue weighted by atomic mass is 32.2. The number of epoxide rings is 1. The first-order chi connectivity index (χ1) is 17.7. The van der Waals surface area contributed by atoms with Crippen LogP contribution in [0.25, 0.3) is 0 Å². The topological polar surface area (TPSA) is 178 Å². The summed E-state index contributed by atoms with van der Waals surface area (Å²) in [5, 5.41) is 23.5. The number of hydrogen-bond donors (Lipinski definition) is 6. The summed E-state index contributed by atoms with van der Waals surface area (Å²) < 4.78 is 4.85. The molecule has 0 aliphatic carbocycles. The van der Waals surface area contributed by atoms with Crippen LogP contribution in [0.15, 0.2) is 0 Å². The average molecular weight is 542 g/mol. The lowest BCUT2D eigenvalue weighted by molar-refractivity contribution is -0.138. The van der Waals surface area contributed by atoms with Gasteiger partial charge in [0.25, 0.3) is 5.91 Å². The SMILES string of the molecule is CC(C)C[C@H](NC(=O)[C@H]1O[C@@H]1C(=O)O)C(=O)NCCCCNC(=O)CCCC[C@@H]1SC[C@@H]2NC(=O)N[C@@H]21. The molecule has 3 aliphatic heterocycles. The van der Waals surface area contributed by atoms with E-state index in [1.807, 2.05) is 25.6 Å². The first kappa shape index (κ1) is 29.0. The number of aliphatic carboxylic acids is 1. The van der Waals surface area contributed by atoms with E-state index in [4.69, 9.17) is 9.84 Å². The van der Waals surface area contributed by atoms with Crippen LogP contribution in [0.4, 0.5) is 4.79 Å². The molecule has 3 saturated heterocycles. The highest BCUT2D eigenvalue weighted by Gasteiger charge is 2.51. The molecule has 3 fully saturated rings. The van der Waals surface area contributed by atoms with Crippen molar-refractivity contribution >= 4 is 41.5 Å². The summed E-state index contributed by atoms with van der Waals surface area (Å²) in [6.07, 6.45) is 2.79. The van der Waals surface area contributed by atoms with Gasteiger partial charge >= 0.3 is 12.0 Å². The summed E-state index contributed by atoms with van der Waals surface area (Å²) >= 11 is 1.88. The molecule has 37 heavy (non-hydrogen) atoms. The van der Waals surface area contributed by atoms with Gasteiger partial charge in [0, 0.05) is 30.5 Å².